The monoisotopic (exact) mass is 281 g/mol. The zero-order valence-corrected chi connectivity index (χ0v) is 12.1. The van der Waals surface area contributed by atoms with Gasteiger partial charge in [0, 0.05) is 31.5 Å². The molecule has 0 radical (unpaired) electrons. The topological polar surface area (TPSA) is 62.4 Å². The van der Waals surface area contributed by atoms with E-state index >= 15 is 0 Å². The van der Waals surface area contributed by atoms with Crippen molar-refractivity contribution in [3.8, 4) is 0 Å². The van der Waals surface area contributed by atoms with Crippen LogP contribution in [0.4, 0.5) is 11.4 Å². The Morgan fingerprint density at radius 3 is 2.26 bits per heavy atom. The molecule has 5 nitrogen and oxygen atoms in total. The lowest BCUT2D eigenvalue weighted by Gasteiger charge is -2.16. The Labute approximate surface area is 118 Å². The fourth-order valence-corrected chi connectivity index (χ4v) is 1.84. The number of benzene rings is 1. The fourth-order valence-electron chi connectivity index (χ4n) is 1.52. The number of nitrogens with one attached hydrogen (secondary N) is 3. The zero-order valence-electron chi connectivity index (χ0n) is 11.3. The first-order valence-electron chi connectivity index (χ1n) is 5.95. The standard InChI is InChI=1S/C13H19N3O2S/c1-9(8-18-3)14-13(19)16-12-6-4-11(5-7-12)15-10(2)17/h4-7,9H,8H2,1-3H3,(H,15,17)(H2,14,16,19). The minimum atomic E-state index is -0.0914. The summed E-state index contributed by atoms with van der Waals surface area (Å²) in [5.74, 6) is -0.0914. The third-order valence-corrected chi connectivity index (χ3v) is 2.48. The van der Waals surface area contributed by atoms with Gasteiger partial charge in [-0.25, -0.2) is 0 Å². The van der Waals surface area contributed by atoms with Crippen molar-refractivity contribution in [2.24, 2.45) is 0 Å². The smallest absolute Gasteiger partial charge is 0.221 e. The molecule has 0 aliphatic carbocycles. The van der Waals surface area contributed by atoms with Gasteiger partial charge in [0.05, 0.1) is 6.61 Å². The summed E-state index contributed by atoms with van der Waals surface area (Å²) in [7, 11) is 1.65. The van der Waals surface area contributed by atoms with Gasteiger partial charge in [-0.05, 0) is 43.4 Å². The molecule has 0 aliphatic heterocycles. The lowest BCUT2D eigenvalue weighted by molar-refractivity contribution is -0.114. The fraction of sp³-hybridized carbons (Fsp3) is 0.385. The number of methoxy groups -OCH3 is 1. The maximum Gasteiger partial charge on any atom is 0.221 e. The molecule has 0 saturated carbocycles. The van der Waals surface area contributed by atoms with Gasteiger partial charge in [-0.1, -0.05) is 0 Å². The summed E-state index contributed by atoms with van der Waals surface area (Å²) >= 11 is 5.18. The van der Waals surface area contributed by atoms with Gasteiger partial charge in [0.15, 0.2) is 5.11 Å². The first kappa shape index (κ1) is 15.4. The van der Waals surface area contributed by atoms with Crippen molar-refractivity contribution in [2.45, 2.75) is 19.9 Å². The van der Waals surface area contributed by atoms with Crippen LogP contribution < -0.4 is 16.0 Å². The molecule has 1 atom stereocenters. The van der Waals surface area contributed by atoms with Gasteiger partial charge in [-0.15, -0.1) is 0 Å². The first-order valence-corrected chi connectivity index (χ1v) is 6.36. The van der Waals surface area contributed by atoms with E-state index in [-0.39, 0.29) is 11.9 Å². The molecular formula is C13H19N3O2S. The summed E-state index contributed by atoms with van der Waals surface area (Å²) in [5.41, 5.74) is 1.61. The Kier molecular flexibility index (Phi) is 6.24. The van der Waals surface area contributed by atoms with Crippen LogP contribution in [-0.2, 0) is 9.53 Å². The Balaban J connectivity index is 2.48. The van der Waals surface area contributed by atoms with Gasteiger partial charge >= 0.3 is 0 Å². The average molecular weight is 281 g/mol. The van der Waals surface area contributed by atoms with Gasteiger partial charge in [0.25, 0.3) is 0 Å². The number of carbonyl (C=O) groups is 1. The maximum absolute atomic E-state index is 10.9. The van der Waals surface area contributed by atoms with Gasteiger partial charge < -0.3 is 20.7 Å². The highest BCUT2D eigenvalue weighted by atomic mass is 32.1. The molecule has 0 bridgehead atoms. The van der Waals surface area contributed by atoms with Crippen LogP contribution in [-0.4, -0.2) is 30.8 Å². The molecule has 104 valence electrons. The van der Waals surface area contributed by atoms with Gasteiger partial charge in [-0.2, -0.15) is 0 Å². The van der Waals surface area contributed by atoms with Crippen molar-refractivity contribution in [2.75, 3.05) is 24.4 Å². The van der Waals surface area contributed by atoms with Crippen LogP contribution in [0.2, 0.25) is 0 Å². The molecule has 6 heteroatoms. The molecular weight excluding hydrogens is 262 g/mol. The highest BCUT2D eigenvalue weighted by molar-refractivity contribution is 7.80. The van der Waals surface area contributed by atoms with E-state index < -0.39 is 0 Å². The molecule has 0 saturated heterocycles. The van der Waals surface area contributed by atoms with Gasteiger partial charge in [0.2, 0.25) is 5.91 Å². The van der Waals surface area contributed by atoms with Crippen LogP contribution in [0.15, 0.2) is 24.3 Å². The Bertz CT molecular complexity index is 434. The highest BCUT2D eigenvalue weighted by Crippen LogP contribution is 2.13. The maximum atomic E-state index is 10.9. The number of thiocarbonyl (C=S) groups is 1. The number of carbonyl (C=O) groups excluding carboxylic acids is 1. The summed E-state index contributed by atoms with van der Waals surface area (Å²) in [6.07, 6.45) is 0. The summed E-state index contributed by atoms with van der Waals surface area (Å²) in [6.45, 7) is 4.04. The molecule has 0 spiro atoms. The summed E-state index contributed by atoms with van der Waals surface area (Å²) in [5, 5.41) is 9.41. The SMILES string of the molecule is COCC(C)NC(=S)Nc1ccc(NC(C)=O)cc1. The third-order valence-electron chi connectivity index (χ3n) is 2.26. The predicted molar refractivity (Wildman–Crippen MR) is 81.4 cm³/mol. The molecule has 1 aromatic rings. The number of hydrogen-bond donors (Lipinski definition) is 3. The molecule has 1 aromatic carbocycles. The normalized spacial score (nSPS) is 11.5. The highest BCUT2D eigenvalue weighted by Gasteiger charge is 2.04. The molecule has 1 amide bonds. The van der Waals surface area contributed by atoms with E-state index in [1.807, 2.05) is 31.2 Å². The minimum Gasteiger partial charge on any atom is -0.383 e. The molecule has 0 heterocycles. The minimum absolute atomic E-state index is 0.0914. The molecule has 0 aliphatic rings. The number of anilines is 2. The van der Waals surface area contributed by atoms with Gasteiger partial charge in [0.1, 0.15) is 0 Å². The zero-order chi connectivity index (χ0) is 14.3. The molecule has 1 rings (SSSR count). The molecule has 1 unspecified atom stereocenters. The first-order chi connectivity index (χ1) is 9.01. The van der Waals surface area contributed by atoms with E-state index in [1.165, 1.54) is 6.92 Å². The lowest BCUT2D eigenvalue weighted by atomic mass is 10.3. The Morgan fingerprint density at radius 2 is 1.79 bits per heavy atom. The summed E-state index contributed by atoms with van der Waals surface area (Å²) in [6, 6.07) is 7.46. The number of hydrogen-bond acceptors (Lipinski definition) is 3. The summed E-state index contributed by atoms with van der Waals surface area (Å²) in [4.78, 5) is 10.9. The Hall–Kier alpha value is -1.66. The van der Waals surface area contributed by atoms with Crippen molar-refractivity contribution in [1.29, 1.82) is 0 Å². The number of rotatable bonds is 5. The number of ether oxygens (including phenoxy) is 1. The number of amides is 1. The molecule has 19 heavy (non-hydrogen) atoms. The van der Waals surface area contributed by atoms with Crippen LogP contribution >= 0.6 is 12.2 Å². The van der Waals surface area contributed by atoms with Crippen molar-refractivity contribution in [3.63, 3.8) is 0 Å². The lowest BCUT2D eigenvalue weighted by Crippen LogP contribution is -2.38. The van der Waals surface area contributed by atoms with Crippen molar-refractivity contribution >= 4 is 34.6 Å². The second-order valence-electron chi connectivity index (χ2n) is 4.21. The third kappa shape index (κ3) is 6.17. The molecule has 3 N–H and O–H groups in total. The van der Waals surface area contributed by atoms with Crippen LogP contribution in [0, 0.1) is 0 Å². The molecule has 0 fully saturated rings. The van der Waals surface area contributed by atoms with Gasteiger partial charge in [-0.3, -0.25) is 4.79 Å². The largest absolute Gasteiger partial charge is 0.383 e. The van der Waals surface area contributed by atoms with Crippen LogP contribution in [0.3, 0.4) is 0 Å². The second kappa shape index (κ2) is 7.70. The van der Waals surface area contributed by atoms with E-state index in [2.05, 4.69) is 16.0 Å². The quantitative estimate of drug-likeness (QED) is 0.720. The van der Waals surface area contributed by atoms with E-state index in [9.17, 15) is 4.79 Å². The van der Waals surface area contributed by atoms with E-state index in [0.717, 1.165) is 11.4 Å². The van der Waals surface area contributed by atoms with Crippen LogP contribution in [0.1, 0.15) is 13.8 Å². The van der Waals surface area contributed by atoms with E-state index in [4.69, 9.17) is 17.0 Å². The van der Waals surface area contributed by atoms with E-state index in [0.29, 0.717) is 11.7 Å². The Morgan fingerprint density at radius 1 is 1.26 bits per heavy atom. The summed E-state index contributed by atoms with van der Waals surface area (Å²) < 4.78 is 5.02. The van der Waals surface area contributed by atoms with Crippen LogP contribution in [0.25, 0.3) is 0 Å². The predicted octanol–water partition coefficient (Wildman–Crippen LogP) is 1.97. The second-order valence-corrected chi connectivity index (χ2v) is 4.62. The van der Waals surface area contributed by atoms with Crippen LogP contribution in [0.5, 0.6) is 0 Å². The van der Waals surface area contributed by atoms with Crippen molar-refractivity contribution in [1.82, 2.24) is 5.32 Å². The van der Waals surface area contributed by atoms with Crippen molar-refractivity contribution < 1.29 is 9.53 Å². The van der Waals surface area contributed by atoms with Crippen molar-refractivity contribution in [3.05, 3.63) is 24.3 Å². The average Bonchev–Trinajstić information content (AvgIpc) is 2.31. The molecule has 0 aromatic heterocycles. The van der Waals surface area contributed by atoms with E-state index in [1.54, 1.807) is 7.11 Å².